The van der Waals surface area contributed by atoms with Gasteiger partial charge < -0.3 is 25.2 Å². The number of carbonyl (C=O) groups is 1. The summed E-state index contributed by atoms with van der Waals surface area (Å²) in [6.45, 7) is 8.76. The minimum atomic E-state index is -0.790. The molecule has 0 radical (unpaired) electrons. The van der Waals surface area contributed by atoms with Crippen LogP contribution < -0.4 is 4.74 Å². The maximum absolute atomic E-state index is 12.8. The topological polar surface area (TPSA) is 107 Å². The quantitative estimate of drug-likeness (QED) is 0.110. The first kappa shape index (κ1) is 27.4. The molecule has 0 spiro atoms. The van der Waals surface area contributed by atoms with Gasteiger partial charge in [-0.2, -0.15) is 0 Å². The summed E-state index contributed by atoms with van der Waals surface area (Å²) in [4.78, 5) is 12.8. The van der Waals surface area contributed by atoms with E-state index in [4.69, 9.17) is 4.74 Å². The predicted octanol–water partition coefficient (Wildman–Crippen LogP) is 6.86. The first-order chi connectivity index (χ1) is 16.1. The number of hydrogen-bond acceptors (Lipinski definition) is 6. The number of esters is 1. The van der Waals surface area contributed by atoms with Crippen LogP contribution in [0.1, 0.15) is 94.1 Å². The van der Waals surface area contributed by atoms with Crippen LogP contribution in [-0.4, -0.2) is 26.4 Å². The first-order valence-corrected chi connectivity index (χ1v) is 12.4. The monoisotopic (exact) mass is 472 g/mol. The second kappa shape index (κ2) is 13.1. The van der Waals surface area contributed by atoms with Gasteiger partial charge in [0, 0.05) is 5.56 Å². The summed E-state index contributed by atoms with van der Waals surface area (Å²) in [7, 11) is 0. The molecule has 6 nitrogen and oxygen atoms in total. The molecular formula is C28H40O6. The Morgan fingerprint density at radius 3 is 2.12 bits per heavy atom. The highest BCUT2D eigenvalue weighted by Crippen LogP contribution is 2.37. The molecule has 0 aliphatic rings. The van der Waals surface area contributed by atoms with Crippen LogP contribution in [0.4, 0.5) is 0 Å². The summed E-state index contributed by atoms with van der Waals surface area (Å²) in [6, 6.07) is 5.63. The number of phenols is 4. The van der Waals surface area contributed by atoms with Gasteiger partial charge in [-0.1, -0.05) is 59.8 Å². The summed E-state index contributed by atoms with van der Waals surface area (Å²) >= 11 is 0. The molecule has 188 valence electrons. The van der Waals surface area contributed by atoms with Crippen molar-refractivity contribution < 1.29 is 30.0 Å². The van der Waals surface area contributed by atoms with Crippen LogP contribution in [0.2, 0.25) is 0 Å². The molecule has 0 aromatic heterocycles. The number of carbonyl (C=O) groups excluding carboxylic acids is 1. The number of ether oxygens (including phenoxy) is 1. The largest absolute Gasteiger partial charge is 0.508 e. The Morgan fingerprint density at radius 2 is 1.50 bits per heavy atom. The fourth-order valence-corrected chi connectivity index (χ4v) is 4.04. The van der Waals surface area contributed by atoms with Crippen LogP contribution in [0.25, 0.3) is 0 Å². The number of aryl methyl sites for hydroxylation is 1. The van der Waals surface area contributed by atoms with E-state index in [0.717, 1.165) is 62.6 Å². The van der Waals surface area contributed by atoms with E-state index in [9.17, 15) is 25.2 Å². The number of hydrogen-bond donors (Lipinski definition) is 4. The van der Waals surface area contributed by atoms with Crippen molar-refractivity contribution in [3.63, 3.8) is 0 Å². The fourth-order valence-electron chi connectivity index (χ4n) is 4.04. The van der Waals surface area contributed by atoms with Gasteiger partial charge in [-0.15, -0.1) is 0 Å². The standard InChI is InChI=1S/C28H40O6/c1-5-6-7-11-20-14-23(29)22(13-12-19(4)10-8-9-18(2)3)26(15-20)34-28(33)21-16-24(30)27(32)25(31)17-21/h14-19,29-32H,5-13H2,1-4H3/t19-/m0/s1. The maximum Gasteiger partial charge on any atom is 0.343 e. The Bertz CT molecular complexity index is 927. The molecule has 2 aromatic carbocycles. The molecule has 0 saturated carbocycles. The number of aromatic hydroxyl groups is 4. The Morgan fingerprint density at radius 1 is 0.824 bits per heavy atom. The van der Waals surface area contributed by atoms with Crippen molar-refractivity contribution in [3.8, 4) is 28.7 Å². The zero-order valence-electron chi connectivity index (χ0n) is 20.9. The smallest absolute Gasteiger partial charge is 0.343 e. The normalized spacial score (nSPS) is 12.1. The van der Waals surface area contributed by atoms with E-state index >= 15 is 0 Å². The average molecular weight is 473 g/mol. The first-order valence-electron chi connectivity index (χ1n) is 12.4. The van der Waals surface area contributed by atoms with E-state index in [2.05, 4.69) is 27.7 Å². The molecule has 34 heavy (non-hydrogen) atoms. The lowest BCUT2D eigenvalue weighted by Gasteiger charge is -2.17. The van der Waals surface area contributed by atoms with Crippen LogP contribution in [-0.2, 0) is 12.8 Å². The van der Waals surface area contributed by atoms with Crippen LogP contribution >= 0.6 is 0 Å². The van der Waals surface area contributed by atoms with Crippen molar-refractivity contribution in [1.29, 1.82) is 0 Å². The fraction of sp³-hybridized carbons (Fsp3) is 0.536. The molecule has 0 aliphatic carbocycles. The molecule has 0 heterocycles. The van der Waals surface area contributed by atoms with Gasteiger partial charge in [-0.25, -0.2) is 4.79 Å². The van der Waals surface area contributed by atoms with Crippen LogP contribution in [0.3, 0.4) is 0 Å². The van der Waals surface area contributed by atoms with Gasteiger partial charge in [-0.05, 0) is 67.3 Å². The molecule has 2 rings (SSSR count). The van der Waals surface area contributed by atoms with E-state index < -0.39 is 23.2 Å². The average Bonchev–Trinajstić information content (AvgIpc) is 2.76. The Labute approximate surface area is 203 Å². The van der Waals surface area contributed by atoms with Crippen LogP contribution in [0.15, 0.2) is 24.3 Å². The molecule has 0 amide bonds. The molecule has 6 heteroatoms. The van der Waals surface area contributed by atoms with Gasteiger partial charge in [0.1, 0.15) is 11.5 Å². The molecule has 1 atom stereocenters. The molecule has 0 saturated heterocycles. The SMILES string of the molecule is CCCCCc1cc(O)c(CC[C@@H](C)CCCC(C)C)c(OC(=O)c2cc(O)c(O)c(O)c2)c1. The predicted molar refractivity (Wildman–Crippen MR) is 134 cm³/mol. The van der Waals surface area contributed by atoms with Crippen molar-refractivity contribution in [1.82, 2.24) is 0 Å². The van der Waals surface area contributed by atoms with Gasteiger partial charge >= 0.3 is 5.97 Å². The maximum atomic E-state index is 12.8. The number of unbranched alkanes of at least 4 members (excludes halogenated alkanes) is 2. The molecule has 4 N–H and O–H groups in total. The van der Waals surface area contributed by atoms with Gasteiger partial charge in [0.2, 0.25) is 0 Å². The number of phenolic OH excluding ortho intramolecular Hbond substituents is 4. The Hall–Kier alpha value is -2.89. The lowest BCUT2D eigenvalue weighted by atomic mass is 9.93. The summed E-state index contributed by atoms with van der Waals surface area (Å²) in [6.07, 6.45) is 8.76. The second-order valence-electron chi connectivity index (χ2n) is 9.77. The molecule has 0 bridgehead atoms. The number of benzene rings is 2. The number of rotatable bonds is 13. The Balaban J connectivity index is 2.24. The van der Waals surface area contributed by atoms with Gasteiger partial charge in [0.25, 0.3) is 0 Å². The Kier molecular flexibility index (Phi) is 10.6. The lowest BCUT2D eigenvalue weighted by Crippen LogP contribution is -2.11. The minimum Gasteiger partial charge on any atom is -0.508 e. The van der Waals surface area contributed by atoms with Crippen molar-refractivity contribution in [2.24, 2.45) is 11.8 Å². The van der Waals surface area contributed by atoms with Crippen molar-refractivity contribution in [3.05, 3.63) is 41.0 Å². The van der Waals surface area contributed by atoms with E-state index in [-0.39, 0.29) is 17.1 Å². The third-order valence-electron chi connectivity index (χ3n) is 6.19. The minimum absolute atomic E-state index is 0.100. The third-order valence-corrected chi connectivity index (χ3v) is 6.19. The van der Waals surface area contributed by atoms with E-state index in [1.165, 1.54) is 6.42 Å². The summed E-state index contributed by atoms with van der Waals surface area (Å²) < 4.78 is 5.65. The summed E-state index contributed by atoms with van der Waals surface area (Å²) in [5.74, 6) is -1.16. The summed E-state index contributed by atoms with van der Waals surface area (Å²) in [5, 5.41) is 39.8. The van der Waals surface area contributed by atoms with Crippen LogP contribution in [0, 0.1) is 11.8 Å². The van der Waals surface area contributed by atoms with Gasteiger partial charge in [0.15, 0.2) is 17.2 Å². The molecule has 0 aliphatic heterocycles. The van der Waals surface area contributed by atoms with Gasteiger partial charge in [0.05, 0.1) is 5.56 Å². The molecule has 0 unspecified atom stereocenters. The molecule has 2 aromatic rings. The highest BCUT2D eigenvalue weighted by molar-refractivity contribution is 5.92. The van der Waals surface area contributed by atoms with E-state index in [1.54, 1.807) is 12.1 Å². The molecular weight excluding hydrogens is 432 g/mol. The van der Waals surface area contributed by atoms with E-state index in [0.29, 0.717) is 23.8 Å². The van der Waals surface area contributed by atoms with Crippen LogP contribution in [0.5, 0.6) is 28.7 Å². The van der Waals surface area contributed by atoms with E-state index in [1.807, 2.05) is 0 Å². The van der Waals surface area contributed by atoms with Crippen molar-refractivity contribution in [2.75, 3.05) is 0 Å². The molecule has 0 fully saturated rings. The second-order valence-corrected chi connectivity index (χ2v) is 9.77. The van der Waals surface area contributed by atoms with Gasteiger partial charge in [-0.3, -0.25) is 0 Å². The van der Waals surface area contributed by atoms with Crippen molar-refractivity contribution in [2.45, 2.75) is 85.5 Å². The lowest BCUT2D eigenvalue weighted by molar-refractivity contribution is 0.0731. The highest BCUT2D eigenvalue weighted by Gasteiger charge is 2.20. The third kappa shape index (κ3) is 8.15. The zero-order chi connectivity index (χ0) is 25.3. The highest BCUT2D eigenvalue weighted by atomic mass is 16.5. The zero-order valence-corrected chi connectivity index (χ0v) is 20.9. The van der Waals surface area contributed by atoms with Crippen molar-refractivity contribution >= 4 is 5.97 Å². The summed E-state index contributed by atoms with van der Waals surface area (Å²) in [5.41, 5.74) is 1.37.